The van der Waals surface area contributed by atoms with Crippen molar-refractivity contribution in [3.8, 4) is 0 Å². The Morgan fingerprint density at radius 3 is 1.33 bits per heavy atom. The summed E-state index contributed by atoms with van der Waals surface area (Å²) in [6.07, 6.45) is 2.78. The molecule has 6 nitrogen and oxygen atoms in total. The molecule has 0 aliphatic carbocycles. The number of nitrogens with one attached hydrogen (secondary N) is 2. The largest absolute Gasteiger partial charge is 0.387 e. The van der Waals surface area contributed by atoms with Crippen molar-refractivity contribution in [2.75, 3.05) is 13.1 Å². The van der Waals surface area contributed by atoms with Gasteiger partial charge in [0.25, 0.3) is 0 Å². The van der Waals surface area contributed by atoms with Crippen LogP contribution in [0.1, 0.15) is 12.8 Å². The van der Waals surface area contributed by atoms with Crippen LogP contribution in [0.4, 0.5) is 7.77 Å². The van der Waals surface area contributed by atoms with Crippen LogP contribution in [0.5, 0.6) is 0 Å². The summed E-state index contributed by atoms with van der Waals surface area (Å²) in [6, 6.07) is 0. The maximum absolute atomic E-state index is 11.1. The van der Waals surface area contributed by atoms with Crippen molar-refractivity contribution in [2.45, 2.75) is 12.8 Å². The van der Waals surface area contributed by atoms with E-state index in [-0.39, 0.29) is 49.6 Å². The van der Waals surface area contributed by atoms with Crippen LogP contribution in [0.25, 0.3) is 0 Å². The normalized spacial score (nSPS) is 16.1. The van der Waals surface area contributed by atoms with Gasteiger partial charge in [0.1, 0.15) is 0 Å². The van der Waals surface area contributed by atoms with Crippen molar-refractivity contribution < 1.29 is 24.6 Å². The van der Waals surface area contributed by atoms with Crippen LogP contribution < -0.4 is 9.44 Å². The molecule has 0 saturated carbocycles. The molecule has 1 aliphatic rings. The topological polar surface area (TPSA) is 92.3 Å². The summed E-state index contributed by atoms with van der Waals surface area (Å²) in [5, 5.41) is 3.22. The Kier molecular flexibility index (Phi) is 10.2. The van der Waals surface area contributed by atoms with Crippen LogP contribution in [-0.2, 0) is 20.8 Å². The van der Waals surface area contributed by atoms with Gasteiger partial charge in [0.05, 0.1) is 0 Å². The molecule has 0 bridgehead atoms. The predicted octanol–water partition coefficient (Wildman–Crippen LogP) is -1.01. The van der Waals surface area contributed by atoms with E-state index in [9.17, 15) is 24.6 Å². The van der Waals surface area contributed by atoms with Gasteiger partial charge in [-0.25, -0.2) is 0 Å². The average molecular weight is 340 g/mol. The van der Waals surface area contributed by atoms with Crippen molar-refractivity contribution in [1.29, 1.82) is 0 Å². The van der Waals surface area contributed by atoms with E-state index in [1.165, 1.54) is 25.9 Å². The Morgan fingerprint density at radius 2 is 1.27 bits per heavy atom. The standard InChI is InChI=1S/C4H9N.F2HNO4S2.Sr/c1-2-4-5-3-1;1-8(4,5)3-9(2,6)7;/h5H,1-4H2;3H;. The van der Waals surface area contributed by atoms with Gasteiger partial charge in [0.2, 0.25) is 0 Å². The molecule has 0 aromatic carbocycles. The first-order valence-electron chi connectivity index (χ1n) is 3.59. The maximum Gasteiger partial charge on any atom is 0.387 e. The van der Waals surface area contributed by atoms with Gasteiger partial charge in [-0.2, -0.15) is 16.8 Å². The van der Waals surface area contributed by atoms with E-state index in [2.05, 4.69) is 5.32 Å². The first-order valence-corrected chi connectivity index (χ1v) is 6.36. The third-order valence-electron chi connectivity index (χ3n) is 1.16. The van der Waals surface area contributed by atoms with Gasteiger partial charge < -0.3 is 5.32 Å². The van der Waals surface area contributed by atoms with Gasteiger partial charge in [-0.3, -0.25) is 0 Å². The van der Waals surface area contributed by atoms with Crippen molar-refractivity contribution >= 4 is 66.3 Å². The first kappa shape index (κ1) is 18.5. The summed E-state index contributed by atoms with van der Waals surface area (Å²) >= 11 is 0. The number of halogens is 2. The van der Waals surface area contributed by atoms with E-state index < -0.39 is 20.8 Å². The van der Waals surface area contributed by atoms with Crippen LogP contribution >= 0.6 is 0 Å². The maximum atomic E-state index is 11.1. The van der Waals surface area contributed by atoms with E-state index in [4.69, 9.17) is 0 Å². The molecule has 1 rings (SSSR count). The zero-order valence-electron chi connectivity index (χ0n) is 7.74. The molecule has 0 atom stereocenters. The molecule has 1 fully saturated rings. The van der Waals surface area contributed by atoms with E-state index in [1.807, 2.05) is 0 Å². The fourth-order valence-corrected chi connectivity index (χ4v) is 1.70. The van der Waals surface area contributed by atoms with Gasteiger partial charge in [-0.05, 0) is 25.9 Å². The Morgan fingerprint density at radius 1 is 0.933 bits per heavy atom. The second kappa shape index (κ2) is 8.28. The Bertz CT molecular complexity index is 315. The quantitative estimate of drug-likeness (QED) is 0.497. The Hall–Kier alpha value is 1.16. The number of hydrogen-bond acceptors (Lipinski definition) is 5. The second-order valence-corrected chi connectivity index (χ2v) is 4.83. The predicted molar refractivity (Wildman–Crippen MR) is 51.0 cm³/mol. The summed E-state index contributed by atoms with van der Waals surface area (Å²) in [7, 11) is -11.0. The molecule has 1 aliphatic heterocycles. The summed E-state index contributed by atoms with van der Waals surface area (Å²) < 4.78 is 59.3. The molecule has 2 N–H and O–H groups in total. The van der Waals surface area contributed by atoms with Crippen molar-refractivity contribution in [2.24, 2.45) is 0 Å². The molecule has 0 unspecified atom stereocenters. The van der Waals surface area contributed by atoms with Crippen molar-refractivity contribution in [3.63, 3.8) is 0 Å². The van der Waals surface area contributed by atoms with Gasteiger partial charge in [-0.15, -0.1) is 0 Å². The fraction of sp³-hybridized carbons (Fsp3) is 1.00. The van der Waals surface area contributed by atoms with Gasteiger partial charge in [0, 0.05) is 45.5 Å². The molecule has 88 valence electrons. The number of hydrogen-bond donors (Lipinski definition) is 2. The molecule has 0 aromatic heterocycles. The van der Waals surface area contributed by atoms with E-state index in [0.717, 1.165) is 0 Å². The van der Waals surface area contributed by atoms with Crippen LogP contribution in [0.3, 0.4) is 0 Å². The van der Waals surface area contributed by atoms with Crippen LogP contribution in [0.2, 0.25) is 0 Å². The zero-order chi connectivity index (χ0) is 11.2. The summed E-state index contributed by atoms with van der Waals surface area (Å²) in [5.41, 5.74) is 0. The van der Waals surface area contributed by atoms with Crippen LogP contribution in [0, 0.1) is 0 Å². The fourth-order valence-electron chi connectivity index (χ4n) is 0.744. The summed E-state index contributed by atoms with van der Waals surface area (Å²) in [4.78, 5) is 0. The molecular weight excluding hydrogens is 330 g/mol. The molecule has 0 amide bonds. The minimum atomic E-state index is -5.49. The monoisotopic (exact) mass is 340 g/mol. The molecular formula is C4H10F2N2O4S2Sr. The van der Waals surface area contributed by atoms with Crippen LogP contribution in [0.15, 0.2) is 0 Å². The second-order valence-electron chi connectivity index (χ2n) is 2.42. The molecule has 1 heterocycles. The van der Waals surface area contributed by atoms with Gasteiger partial charge >= 0.3 is 20.8 Å². The van der Waals surface area contributed by atoms with Gasteiger partial charge in [0.15, 0.2) is 0 Å². The molecule has 15 heavy (non-hydrogen) atoms. The Balaban J connectivity index is 0. The SMILES string of the molecule is C1CCNC1.O=S(=O)(F)NS(=O)(=O)F.[Sr]. The minimum absolute atomic E-state index is 0. The third-order valence-corrected chi connectivity index (χ3v) is 2.75. The van der Waals surface area contributed by atoms with Gasteiger partial charge in [-0.1, -0.05) is 11.9 Å². The van der Waals surface area contributed by atoms with E-state index in [1.54, 1.807) is 0 Å². The first-order chi connectivity index (χ1) is 6.21. The van der Waals surface area contributed by atoms with E-state index >= 15 is 0 Å². The number of rotatable bonds is 2. The van der Waals surface area contributed by atoms with Crippen molar-refractivity contribution in [1.82, 2.24) is 9.44 Å². The zero-order valence-corrected chi connectivity index (χ0v) is 12.9. The summed E-state index contributed by atoms with van der Waals surface area (Å²) in [6.45, 7) is 2.50. The van der Waals surface area contributed by atoms with E-state index in [0.29, 0.717) is 0 Å². The molecule has 0 spiro atoms. The molecule has 1 saturated heterocycles. The molecule has 0 aromatic rings. The average Bonchev–Trinajstić information content (AvgIpc) is 2.29. The smallest absolute Gasteiger partial charge is 0.317 e. The third kappa shape index (κ3) is 17.8. The molecule has 11 heteroatoms. The van der Waals surface area contributed by atoms with Crippen LogP contribution in [-0.4, -0.2) is 75.4 Å². The van der Waals surface area contributed by atoms with Crippen molar-refractivity contribution in [3.05, 3.63) is 0 Å². The minimum Gasteiger partial charge on any atom is -0.317 e. The summed E-state index contributed by atoms with van der Waals surface area (Å²) in [5.74, 6) is 0. The Labute approximate surface area is 125 Å². The molecule has 2 radical (unpaired) electrons.